The van der Waals surface area contributed by atoms with Gasteiger partial charge in [-0.1, -0.05) is 0 Å². The predicted octanol–water partition coefficient (Wildman–Crippen LogP) is 1.65. The molecule has 0 aromatic heterocycles. The van der Waals surface area contributed by atoms with E-state index in [0.29, 0.717) is 17.0 Å². The summed E-state index contributed by atoms with van der Waals surface area (Å²) in [6.07, 6.45) is 2.54. The molecule has 5 heteroatoms. The van der Waals surface area contributed by atoms with Crippen molar-refractivity contribution >= 4 is 28.0 Å². The van der Waals surface area contributed by atoms with Crippen LogP contribution in [0.3, 0.4) is 0 Å². The molecule has 0 amide bonds. The molecule has 3 N–H and O–H groups in total. The summed E-state index contributed by atoms with van der Waals surface area (Å²) in [5.41, 5.74) is 7.68. The van der Waals surface area contributed by atoms with Crippen molar-refractivity contribution in [3.05, 3.63) is 23.8 Å². The van der Waals surface area contributed by atoms with Gasteiger partial charge in [-0.05, 0) is 31.5 Å². The van der Waals surface area contributed by atoms with Crippen molar-refractivity contribution in [2.75, 3.05) is 29.6 Å². The van der Waals surface area contributed by atoms with E-state index in [4.69, 9.17) is 5.73 Å². The zero-order chi connectivity index (χ0) is 12.8. The molecule has 0 fully saturated rings. The SMILES string of the molecule is CC(=O)c1ccc(NCCCS(C)=O)cc1N. The highest BCUT2D eigenvalue weighted by Crippen LogP contribution is 2.18. The van der Waals surface area contributed by atoms with E-state index in [1.54, 1.807) is 18.4 Å². The van der Waals surface area contributed by atoms with Crippen molar-refractivity contribution in [2.45, 2.75) is 13.3 Å². The summed E-state index contributed by atoms with van der Waals surface area (Å²) in [7, 11) is -0.747. The lowest BCUT2D eigenvalue weighted by Gasteiger charge is -2.08. The van der Waals surface area contributed by atoms with E-state index in [1.165, 1.54) is 6.92 Å². The van der Waals surface area contributed by atoms with Crippen molar-refractivity contribution in [3.8, 4) is 0 Å². The molecular weight excluding hydrogens is 236 g/mol. The van der Waals surface area contributed by atoms with E-state index in [-0.39, 0.29) is 5.78 Å². The monoisotopic (exact) mass is 254 g/mol. The quantitative estimate of drug-likeness (QED) is 0.460. The average Bonchev–Trinajstić information content (AvgIpc) is 2.23. The van der Waals surface area contributed by atoms with E-state index in [0.717, 1.165) is 18.7 Å². The van der Waals surface area contributed by atoms with Gasteiger partial charge in [-0.3, -0.25) is 9.00 Å². The fourth-order valence-corrected chi connectivity index (χ4v) is 2.05. The molecule has 1 rings (SSSR count). The minimum atomic E-state index is -0.747. The molecule has 0 radical (unpaired) electrons. The Balaban J connectivity index is 2.53. The number of nitrogens with two attached hydrogens (primary N) is 1. The van der Waals surface area contributed by atoms with Crippen molar-refractivity contribution in [3.63, 3.8) is 0 Å². The van der Waals surface area contributed by atoms with E-state index >= 15 is 0 Å². The highest BCUT2D eigenvalue weighted by Gasteiger charge is 2.04. The van der Waals surface area contributed by atoms with Crippen LogP contribution in [0, 0.1) is 0 Å². The fraction of sp³-hybridized carbons (Fsp3) is 0.417. The van der Waals surface area contributed by atoms with Gasteiger partial charge in [-0.25, -0.2) is 0 Å². The first kappa shape index (κ1) is 13.7. The van der Waals surface area contributed by atoms with Crippen LogP contribution in [0.4, 0.5) is 11.4 Å². The van der Waals surface area contributed by atoms with Crippen LogP contribution in [0.25, 0.3) is 0 Å². The maximum Gasteiger partial charge on any atom is 0.161 e. The van der Waals surface area contributed by atoms with Crippen LogP contribution < -0.4 is 11.1 Å². The first-order valence-electron chi connectivity index (χ1n) is 5.45. The van der Waals surface area contributed by atoms with Gasteiger partial charge in [0.1, 0.15) is 0 Å². The second-order valence-corrected chi connectivity index (χ2v) is 5.47. The number of hydrogen-bond acceptors (Lipinski definition) is 4. The van der Waals surface area contributed by atoms with Crippen LogP contribution in [0.1, 0.15) is 23.7 Å². The highest BCUT2D eigenvalue weighted by atomic mass is 32.2. The third-order valence-electron chi connectivity index (χ3n) is 2.37. The summed E-state index contributed by atoms with van der Waals surface area (Å²) >= 11 is 0. The molecule has 1 aromatic carbocycles. The summed E-state index contributed by atoms with van der Waals surface area (Å²) in [6.45, 7) is 2.24. The summed E-state index contributed by atoms with van der Waals surface area (Å²) in [5, 5.41) is 3.18. The van der Waals surface area contributed by atoms with Gasteiger partial charge in [0, 0.05) is 46.3 Å². The number of hydrogen-bond donors (Lipinski definition) is 2. The molecule has 0 bridgehead atoms. The Hall–Kier alpha value is -1.36. The summed E-state index contributed by atoms with van der Waals surface area (Å²) < 4.78 is 10.9. The van der Waals surface area contributed by atoms with Crippen LogP contribution in [-0.4, -0.2) is 28.5 Å². The third-order valence-corrected chi connectivity index (χ3v) is 3.23. The number of Topliss-reactive ketones (excluding diaryl/α,β-unsaturated/α-hetero) is 1. The molecule has 17 heavy (non-hydrogen) atoms. The average molecular weight is 254 g/mol. The first-order valence-corrected chi connectivity index (χ1v) is 7.18. The Morgan fingerprint density at radius 1 is 1.47 bits per heavy atom. The molecule has 4 nitrogen and oxygen atoms in total. The smallest absolute Gasteiger partial charge is 0.161 e. The number of ketones is 1. The number of rotatable bonds is 6. The number of benzene rings is 1. The Bertz CT molecular complexity index is 433. The van der Waals surface area contributed by atoms with Gasteiger partial charge in [0.15, 0.2) is 5.78 Å². The van der Waals surface area contributed by atoms with Crippen LogP contribution in [0.15, 0.2) is 18.2 Å². The topological polar surface area (TPSA) is 72.2 Å². The van der Waals surface area contributed by atoms with E-state index < -0.39 is 10.8 Å². The van der Waals surface area contributed by atoms with E-state index in [2.05, 4.69) is 5.32 Å². The molecular formula is C12H18N2O2S. The lowest BCUT2D eigenvalue weighted by molar-refractivity contribution is 0.101. The molecule has 0 aliphatic heterocycles. The fourth-order valence-electron chi connectivity index (χ4n) is 1.50. The molecule has 0 saturated heterocycles. The third kappa shape index (κ3) is 4.56. The molecule has 0 saturated carbocycles. The molecule has 0 heterocycles. The lowest BCUT2D eigenvalue weighted by atomic mass is 10.1. The van der Waals surface area contributed by atoms with Gasteiger partial charge in [-0.2, -0.15) is 0 Å². The molecule has 0 aliphatic rings. The largest absolute Gasteiger partial charge is 0.398 e. The van der Waals surface area contributed by atoms with Crippen molar-refractivity contribution < 1.29 is 9.00 Å². The second kappa shape index (κ2) is 6.39. The van der Waals surface area contributed by atoms with Gasteiger partial charge in [0.25, 0.3) is 0 Å². The highest BCUT2D eigenvalue weighted by molar-refractivity contribution is 7.84. The maximum atomic E-state index is 11.2. The Kier molecular flexibility index (Phi) is 5.15. The standard InChI is InChI=1S/C12H18N2O2S/c1-9(15)11-5-4-10(8-12(11)13)14-6-3-7-17(2)16/h4-5,8,14H,3,6-7,13H2,1-2H3. The zero-order valence-corrected chi connectivity index (χ0v) is 11.0. The number of nitrogens with one attached hydrogen (secondary N) is 1. The van der Waals surface area contributed by atoms with Gasteiger partial charge < -0.3 is 11.1 Å². The zero-order valence-electron chi connectivity index (χ0n) is 10.2. The number of anilines is 2. The van der Waals surface area contributed by atoms with Gasteiger partial charge in [0.05, 0.1) is 0 Å². The molecule has 0 aliphatic carbocycles. The van der Waals surface area contributed by atoms with Crippen LogP contribution in [-0.2, 0) is 10.8 Å². The Morgan fingerprint density at radius 2 is 2.18 bits per heavy atom. The van der Waals surface area contributed by atoms with Crippen molar-refractivity contribution in [1.29, 1.82) is 0 Å². The number of carbonyl (C=O) groups excluding carboxylic acids is 1. The molecule has 0 spiro atoms. The van der Waals surface area contributed by atoms with Gasteiger partial charge in [0.2, 0.25) is 0 Å². The minimum Gasteiger partial charge on any atom is -0.398 e. The lowest BCUT2D eigenvalue weighted by Crippen LogP contribution is -2.07. The van der Waals surface area contributed by atoms with Crippen molar-refractivity contribution in [1.82, 2.24) is 0 Å². The summed E-state index contributed by atoms with van der Waals surface area (Å²) in [5.74, 6) is 0.656. The Morgan fingerprint density at radius 3 is 2.71 bits per heavy atom. The second-order valence-electron chi connectivity index (χ2n) is 3.92. The van der Waals surface area contributed by atoms with Gasteiger partial charge in [-0.15, -0.1) is 0 Å². The minimum absolute atomic E-state index is 0.0320. The van der Waals surface area contributed by atoms with Crippen LogP contribution in [0.2, 0.25) is 0 Å². The molecule has 1 aromatic rings. The Labute approximate surface area is 104 Å². The summed E-state index contributed by atoms with van der Waals surface area (Å²) in [4.78, 5) is 11.2. The number of carbonyl (C=O) groups is 1. The molecule has 1 atom stereocenters. The van der Waals surface area contributed by atoms with E-state index in [1.807, 2.05) is 6.07 Å². The van der Waals surface area contributed by atoms with Crippen molar-refractivity contribution in [2.24, 2.45) is 0 Å². The van der Waals surface area contributed by atoms with Gasteiger partial charge >= 0.3 is 0 Å². The maximum absolute atomic E-state index is 11.2. The predicted molar refractivity (Wildman–Crippen MR) is 72.9 cm³/mol. The first-order chi connectivity index (χ1) is 8.00. The van der Waals surface area contributed by atoms with Crippen LogP contribution >= 0.6 is 0 Å². The normalized spacial score (nSPS) is 12.1. The van der Waals surface area contributed by atoms with Crippen LogP contribution in [0.5, 0.6) is 0 Å². The number of nitrogen functional groups attached to an aromatic ring is 1. The summed E-state index contributed by atoms with van der Waals surface area (Å²) in [6, 6.07) is 5.30. The molecule has 94 valence electrons. The molecule has 1 unspecified atom stereocenters. The van der Waals surface area contributed by atoms with E-state index in [9.17, 15) is 9.00 Å².